The number of carbonyl (C=O) groups is 1. The number of benzene rings is 1. The molecule has 1 aromatic carbocycles. The van der Waals surface area contributed by atoms with Crippen LogP contribution in [0.2, 0.25) is 0 Å². The van der Waals surface area contributed by atoms with Gasteiger partial charge in [-0.2, -0.15) is 0 Å². The first-order chi connectivity index (χ1) is 6.27. The summed E-state index contributed by atoms with van der Waals surface area (Å²) in [6, 6.07) is 9.97. The largest absolute Gasteiger partial charge is 0.368 e. The molecule has 1 atom stereocenters. The Morgan fingerprint density at radius 1 is 1.38 bits per heavy atom. The van der Waals surface area contributed by atoms with Crippen molar-refractivity contribution in [3.63, 3.8) is 0 Å². The summed E-state index contributed by atoms with van der Waals surface area (Å²) in [4.78, 5) is 15.9. The lowest BCUT2D eigenvalue weighted by atomic mass is 10.1. The first-order valence-corrected chi connectivity index (χ1v) is 4.26. The van der Waals surface area contributed by atoms with E-state index in [-0.39, 0.29) is 12.0 Å². The summed E-state index contributed by atoms with van der Waals surface area (Å²) in [5.41, 5.74) is 1.12. The van der Waals surface area contributed by atoms with E-state index in [4.69, 9.17) is 4.84 Å². The molecule has 0 bridgehead atoms. The highest BCUT2D eigenvalue weighted by molar-refractivity contribution is 5.71. The van der Waals surface area contributed by atoms with Crippen LogP contribution >= 0.6 is 0 Å². The maximum atomic E-state index is 11.0. The van der Waals surface area contributed by atoms with Gasteiger partial charge in [0.05, 0.1) is 12.5 Å². The summed E-state index contributed by atoms with van der Waals surface area (Å²) in [5, 5.41) is 1.61. The molecule has 0 aliphatic carbocycles. The smallest absolute Gasteiger partial charge is 0.327 e. The van der Waals surface area contributed by atoms with Gasteiger partial charge in [-0.05, 0) is 5.56 Å². The highest BCUT2D eigenvalue weighted by atomic mass is 16.7. The topological polar surface area (TPSA) is 29.5 Å². The normalized spacial score (nSPS) is 23.2. The molecule has 13 heavy (non-hydrogen) atoms. The van der Waals surface area contributed by atoms with E-state index in [2.05, 4.69) is 0 Å². The van der Waals surface area contributed by atoms with Crippen LogP contribution in [-0.4, -0.2) is 18.1 Å². The Morgan fingerprint density at radius 3 is 2.62 bits per heavy atom. The van der Waals surface area contributed by atoms with Crippen LogP contribution in [0.1, 0.15) is 18.0 Å². The molecule has 0 aromatic heterocycles. The minimum absolute atomic E-state index is 0.0775. The van der Waals surface area contributed by atoms with Gasteiger partial charge in [0.1, 0.15) is 0 Å². The molecule has 1 aliphatic rings. The second kappa shape index (κ2) is 3.18. The van der Waals surface area contributed by atoms with Crippen molar-refractivity contribution in [2.24, 2.45) is 0 Å². The lowest BCUT2D eigenvalue weighted by molar-refractivity contribution is -0.169. The molecule has 1 heterocycles. The molecule has 1 aliphatic heterocycles. The van der Waals surface area contributed by atoms with E-state index >= 15 is 0 Å². The Morgan fingerprint density at radius 2 is 2.08 bits per heavy atom. The van der Waals surface area contributed by atoms with E-state index in [1.54, 1.807) is 12.1 Å². The number of hydroxylamine groups is 2. The van der Waals surface area contributed by atoms with Gasteiger partial charge in [0.15, 0.2) is 0 Å². The van der Waals surface area contributed by atoms with Crippen LogP contribution in [0.5, 0.6) is 0 Å². The fourth-order valence-electron chi connectivity index (χ4n) is 1.55. The molecular formula is C10H11NO2. The van der Waals surface area contributed by atoms with E-state index < -0.39 is 0 Å². The third kappa shape index (κ3) is 1.55. The van der Waals surface area contributed by atoms with Gasteiger partial charge in [0, 0.05) is 7.05 Å². The molecule has 0 saturated carbocycles. The van der Waals surface area contributed by atoms with Gasteiger partial charge in [-0.15, -0.1) is 5.06 Å². The van der Waals surface area contributed by atoms with Gasteiger partial charge in [-0.25, -0.2) is 0 Å². The van der Waals surface area contributed by atoms with Gasteiger partial charge in [0.25, 0.3) is 0 Å². The Kier molecular flexibility index (Phi) is 2.02. The minimum Gasteiger partial charge on any atom is -0.368 e. The average Bonchev–Trinajstić information content (AvgIpc) is 2.47. The first kappa shape index (κ1) is 8.26. The molecule has 1 unspecified atom stereocenters. The fourth-order valence-corrected chi connectivity index (χ4v) is 1.55. The number of nitrogens with zero attached hydrogens (tertiary/aromatic N) is 1. The second-order valence-electron chi connectivity index (χ2n) is 3.14. The quantitative estimate of drug-likeness (QED) is 0.651. The van der Waals surface area contributed by atoms with Crippen LogP contribution in [-0.2, 0) is 9.63 Å². The number of carbonyl (C=O) groups excluding carboxylic acids is 1. The minimum atomic E-state index is -0.156. The van der Waals surface area contributed by atoms with Gasteiger partial charge in [-0.1, -0.05) is 30.3 Å². The number of hydrogen-bond acceptors (Lipinski definition) is 3. The van der Waals surface area contributed by atoms with Crippen molar-refractivity contribution < 1.29 is 9.63 Å². The third-order valence-corrected chi connectivity index (χ3v) is 2.23. The molecule has 1 fully saturated rings. The third-order valence-electron chi connectivity index (χ3n) is 2.23. The lowest BCUT2D eigenvalue weighted by Crippen LogP contribution is -2.16. The van der Waals surface area contributed by atoms with Gasteiger partial charge < -0.3 is 4.84 Å². The van der Waals surface area contributed by atoms with Crippen molar-refractivity contribution in [1.29, 1.82) is 0 Å². The van der Waals surface area contributed by atoms with Crippen molar-refractivity contribution in [2.45, 2.75) is 12.5 Å². The summed E-state index contributed by atoms with van der Waals surface area (Å²) in [6.07, 6.45) is 0.445. The maximum absolute atomic E-state index is 11.0. The van der Waals surface area contributed by atoms with Crippen LogP contribution in [0.15, 0.2) is 30.3 Å². The van der Waals surface area contributed by atoms with Crippen molar-refractivity contribution in [3.8, 4) is 0 Å². The SMILES string of the molecule is CN1OC(=O)CC1c1ccccc1. The summed E-state index contributed by atoms with van der Waals surface area (Å²) >= 11 is 0. The Balaban J connectivity index is 2.23. The summed E-state index contributed by atoms with van der Waals surface area (Å²) in [6.45, 7) is 0. The van der Waals surface area contributed by atoms with E-state index in [1.165, 1.54) is 0 Å². The van der Waals surface area contributed by atoms with Gasteiger partial charge in [0.2, 0.25) is 0 Å². The molecule has 1 saturated heterocycles. The molecule has 2 rings (SSSR count). The highest BCUT2D eigenvalue weighted by Crippen LogP contribution is 2.28. The summed E-state index contributed by atoms with van der Waals surface area (Å²) in [5.74, 6) is -0.156. The van der Waals surface area contributed by atoms with Gasteiger partial charge >= 0.3 is 5.97 Å². The molecule has 0 N–H and O–H groups in total. The Hall–Kier alpha value is -1.35. The van der Waals surface area contributed by atoms with E-state index in [9.17, 15) is 4.79 Å². The molecule has 0 spiro atoms. The van der Waals surface area contributed by atoms with E-state index in [0.29, 0.717) is 6.42 Å². The van der Waals surface area contributed by atoms with Crippen LogP contribution < -0.4 is 0 Å². The molecule has 3 nitrogen and oxygen atoms in total. The van der Waals surface area contributed by atoms with Gasteiger partial charge in [-0.3, -0.25) is 4.79 Å². The Labute approximate surface area is 76.9 Å². The second-order valence-corrected chi connectivity index (χ2v) is 3.14. The monoisotopic (exact) mass is 177 g/mol. The zero-order valence-electron chi connectivity index (χ0n) is 7.43. The summed E-state index contributed by atoms with van der Waals surface area (Å²) < 4.78 is 0. The zero-order valence-corrected chi connectivity index (χ0v) is 7.43. The Bertz CT molecular complexity index is 310. The van der Waals surface area contributed by atoms with Crippen LogP contribution in [0, 0.1) is 0 Å². The molecule has 1 aromatic rings. The van der Waals surface area contributed by atoms with Crippen molar-refractivity contribution >= 4 is 5.97 Å². The van der Waals surface area contributed by atoms with Crippen LogP contribution in [0.25, 0.3) is 0 Å². The molecular weight excluding hydrogens is 166 g/mol. The zero-order chi connectivity index (χ0) is 9.26. The molecule has 0 radical (unpaired) electrons. The van der Waals surface area contributed by atoms with Crippen LogP contribution in [0.3, 0.4) is 0 Å². The van der Waals surface area contributed by atoms with E-state index in [0.717, 1.165) is 5.56 Å². The number of hydrogen-bond donors (Lipinski definition) is 0. The van der Waals surface area contributed by atoms with Crippen molar-refractivity contribution in [3.05, 3.63) is 35.9 Å². The number of rotatable bonds is 1. The fraction of sp³-hybridized carbons (Fsp3) is 0.300. The molecule has 0 amide bonds. The molecule has 3 heteroatoms. The predicted molar refractivity (Wildman–Crippen MR) is 47.7 cm³/mol. The lowest BCUT2D eigenvalue weighted by Gasteiger charge is -2.15. The average molecular weight is 177 g/mol. The highest BCUT2D eigenvalue weighted by Gasteiger charge is 2.30. The molecule has 68 valence electrons. The predicted octanol–water partition coefficient (Wildman–Crippen LogP) is 1.52. The standard InChI is InChI=1S/C10H11NO2/c1-11-9(7-10(12)13-11)8-5-3-2-4-6-8/h2-6,9H,7H2,1H3. The van der Waals surface area contributed by atoms with Crippen molar-refractivity contribution in [1.82, 2.24) is 5.06 Å². The summed E-state index contributed by atoms with van der Waals surface area (Å²) in [7, 11) is 1.78. The maximum Gasteiger partial charge on any atom is 0.327 e. The van der Waals surface area contributed by atoms with Crippen LogP contribution in [0.4, 0.5) is 0 Å². The van der Waals surface area contributed by atoms with E-state index in [1.807, 2.05) is 30.3 Å². The van der Waals surface area contributed by atoms with Crippen molar-refractivity contribution in [2.75, 3.05) is 7.05 Å². The first-order valence-electron chi connectivity index (χ1n) is 4.26.